The van der Waals surface area contributed by atoms with E-state index in [9.17, 15) is 0 Å². The standard InChI is InChI=1S/C7H8BrIN2.C7H9IN2.CBr4/c8-7-6(9)4-10-11(7)5-2-1-3-5;8-6-4-9-10(5-6)7-2-1-3-7;2-1(3,4)5/h4-5H,1-3H2;4-5,7H,1-3H2;. The summed E-state index contributed by atoms with van der Waals surface area (Å²) in [6.07, 6.45) is 13.9. The van der Waals surface area contributed by atoms with Crippen LogP contribution in [0.25, 0.3) is 0 Å². The molecule has 2 fully saturated rings. The van der Waals surface area contributed by atoms with Crippen LogP contribution in [-0.4, -0.2) is 20.6 Å². The molecule has 0 amide bonds. The molecule has 2 heterocycles. The van der Waals surface area contributed by atoms with Gasteiger partial charge in [-0.05, 0) is 163 Å². The molecule has 0 aromatic carbocycles. The van der Waals surface area contributed by atoms with Crippen molar-refractivity contribution in [3.05, 3.63) is 30.3 Å². The highest BCUT2D eigenvalue weighted by Gasteiger charge is 2.22. The Hall–Kier alpha value is 2.28. The molecule has 2 aromatic rings. The van der Waals surface area contributed by atoms with Crippen LogP contribution in [-0.2, 0) is 0 Å². The first-order valence-corrected chi connectivity index (χ1v) is 14.1. The SMILES string of the molecule is BrC(Br)(Br)Br.Brc1c(I)cnn1C1CCC1.Ic1cnn(C2CCC2)c1. The van der Waals surface area contributed by atoms with Crippen LogP contribution in [0.4, 0.5) is 0 Å². The van der Waals surface area contributed by atoms with Gasteiger partial charge < -0.3 is 0 Å². The van der Waals surface area contributed by atoms with E-state index in [0.717, 1.165) is 4.60 Å². The molecule has 0 unspecified atom stereocenters. The van der Waals surface area contributed by atoms with Gasteiger partial charge in [0.25, 0.3) is 0 Å². The summed E-state index contributed by atoms with van der Waals surface area (Å²) in [5.41, 5.74) is 0. The Bertz CT molecular complexity index is 687. The number of hydrogen-bond donors (Lipinski definition) is 0. The summed E-state index contributed by atoms with van der Waals surface area (Å²) in [7, 11) is 0. The maximum absolute atomic E-state index is 4.30. The number of halogens is 7. The van der Waals surface area contributed by atoms with Crippen LogP contribution < -0.4 is 0 Å². The Labute approximate surface area is 223 Å². The lowest BCUT2D eigenvalue weighted by Crippen LogP contribution is -2.18. The molecule has 2 aromatic heterocycles. The van der Waals surface area contributed by atoms with Crippen LogP contribution >= 0.6 is 125 Å². The summed E-state index contributed by atoms with van der Waals surface area (Å²) in [5.74, 6) is 0. The third-order valence-corrected chi connectivity index (χ3v) is 7.01. The smallest absolute Gasteiger partial charge is 0.189 e. The van der Waals surface area contributed by atoms with Crippen LogP contribution in [0.2, 0.25) is 0 Å². The Kier molecular flexibility index (Phi) is 11.0. The molecule has 4 nitrogen and oxygen atoms in total. The molecule has 0 bridgehead atoms. The van der Waals surface area contributed by atoms with Crippen molar-refractivity contribution in [2.24, 2.45) is 0 Å². The van der Waals surface area contributed by atoms with E-state index in [1.54, 1.807) is 0 Å². The number of alkyl halides is 4. The molecule has 146 valence electrons. The highest BCUT2D eigenvalue weighted by atomic mass is 127. The lowest BCUT2D eigenvalue weighted by atomic mass is 9.93. The lowest BCUT2D eigenvalue weighted by molar-refractivity contribution is 0.285. The van der Waals surface area contributed by atoms with Gasteiger partial charge in [0.05, 0.1) is 31.6 Å². The van der Waals surface area contributed by atoms with Crippen molar-refractivity contribution in [3.63, 3.8) is 0 Å². The Morgan fingerprint density at radius 3 is 1.77 bits per heavy atom. The van der Waals surface area contributed by atoms with E-state index < -0.39 is 0 Å². The first-order valence-electron chi connectivity index (χ1n) is 7.99. The largest absolute Gasteiger partial charge is 0.269 e. The minimum absolute atomic E-state index is 0.250. The molecule has 26 heavy (non-hydrogen) atoms. The molecular weight excluding hydrogens is 890 g/mol. The van der Waals surface area contributed by atoms with Crippen LogP contribution in [0.3, 0.4) is 0 Å². The van der Waals surface area contributed by atoms with E-state index >= 15 is 0 Å². The summed E-state index contributed by atoms with van der Waals surface area (Å²) in [6, 6.07) is 1.37. The molecule has 2 saturated carbocycles. The summed E-state index contributed by atoms with van der Waals surface area (Å²) in [5, 5.41) is 8.55. The van der Waals surface area contributed by atoms with Gasteiger partial charge in [-0.3, -0.25) is 9.36 Å². The van der Waals surface area contributed by atoms with E-state index in [1.165, 1.54) is 45.7 Å². The maximum atomic E-state index is 4.30. The molecule has 4 rings (SSSR count). The summed E-state index contributed by atoms with van der Waals surface area (Å²) in [4.78, 5) is 0. The topological polar surface area (TPSA) is 35.6 Å². The molecule has 0 radical (unpaired) electrons. The second kappa shape index (κ2) is 11.6. The number of aromatic nitrogens is 4. The molecule has 0 N–H and O–H groups in total. The van der Waals surface area contributed by atoms with Crippen molar-refractivity contribution < 1.29 is 0 Å². The zero-order valence-electron chi connectivity index (χ0n) is 13.6. The first kappa shape index (κ1) is 24.5. The normalized spacial score (nSPS) is 17.3. The van der Waals surface area contributed by atoms with Gasteiger partial charge in [-0.1, -0.05) is 0 Å². The van der Waals surface area contributed by atoms with Crippen LogP contribution in [0.1, 0.15) is 50.6 Å². The summed E-state index contributed by atoms with van der Waals surface area (Å²) in [6.45, 7) is 0. The van der Waals surface area contributed by atoms with Crippen molar-refractivity contribution in [3.8, 4) is 0 Å². The highest BCUT2D eigenvalue weighted by molar-refractivity contribution is 14.1. The average Bonchev–Trinajstić information content (AvgIpc) is 2.95. The fraction of sp³-hybridized carbons (Fsp3) is 0.600. The monoisotopic (exact) mass is 902 g/mol. The molecule has 0 spiro atoms. The van der Waals surface area contributed by atoms with Gasteiger partial charge >= 0.3 is 0 Å². The van der Waals surface area contributed by atoms with Gasteiger partial charge in [-0.15, -0.1) is 0 Å². The van der Waals surface area contributed by atoms with Gasteiger partial charge in [0, 0.05) is 6.20 Å². The Balaban J connectivity index is 0.000000151. The first-order chi connectivity index (χ1) is 12.1. The number of hydrogen-bond acceptors (Lipinski definition) is 2. The van der Waals surface area contributed by atoms with Gasteiger partial charge in [-0.25, -0.2) is 0 Å². The summed E-state index contributed by atoms with van der Waals surface area (Å²) < 4.78 is 7.51. The minimum Gasteiger partial charge on any atom is -0.269 e. The molecule has 0 aliphatic heterocycles. The Morgan fingerprint density at radius 2 is 1.46 bits per heavy atom. The van der Waals surface area contributed by atoms with E-state index in [2.05, 4.69) is 151 Å². The molecule has 0 saturated heterocycles. The van der Waals surface area contributed by atoms with Crippen molar-refractivity contribution in [2.45, 2.75) is 51.7 Å². The molecule has 2 aliphatic rings. The van der Waals surface area contributed by atoms with Gasteiger partial charge in [0.2, 0.25) is 0 Å². The van der Waals surface area contributed by atoms with E-state index in [4.69, 9.17) is 0 Å². The lowest BCUT2D eigenvalue weighted by Gasteiger charge is -2.26. The Morgan fingerprint density at radius 1 is 0.923 bits per heavy atom. The zero-order chi connectivity index (χ0) is 19.3. The van der Waals surface area contributed by atoms with Crippen LogP contribution in [0.15, 0.2) is 23.2 Å². The highest BCUT2D eigenvalue weighted by Crippen LogP contribution is 2.39. The fourth-order valence-electron chi connectivity index (χ4n) is 2.38. The van der Waals surface area contributed by atoms with Gasteiger partial charge in [0.1, 0.15) is 4.60 Å². The predicted molar refractivity (Wildman–Crippen MR) is 142 cm³/mol. The quantitative estimate of drug-likeness (QED) is 0.225. The number of nitrogens with zero attached hydrogens (tertiary/aromatic N) is 4. The molecule has 0 atom stereocenters. The zero-order valence-corrected chi connectivity index (χ0v) is 25.8. The second-order valence-electron chi connectivity index (χ2n) is 5.96. The van der Waals surface area contributed by atoms with Crippen molar-refractivity contribution in [2.75, 3.05) is 0 Å². The third kappa shape index (κ3) is 8.57. The molecular formula is C15H17Br5I2N4. The van der Waals surface area contributed by atoms with Gasteiger partial charge in [-0.2, -0.15) is 10.2 Å². The van der Waals surface area contributed by atoms with Gasteiger partial charge in [0.15, 0.2) is 1.05 Å². The van der Waals surface area contributed by atoms with E-state index in [-0.39, 0.29) is 1.05 Å². The summed E-state index contributed by atoms with van der Waals surface area (Å²) >= 11 is 20.6. The average molecular weight is 907 g/mol. The molecule has 11 heteroatoms. The predicted octanol–water partition coefficient (Wildman–Crippen LogP) is 8.37. The minimum atomic E-state index is -0.250. The van der Waals surface area contributed by atoms with E-state index in [1.807, 2.05) is 12.4 Å². The molecule has 2 aliphatic carbocycles. The third-order valence-electron chi connectivity index (χ3n) is 4.13. The second-order valence-corrected chi connectivity index (χ2v) is 20.3. The van der Waals surface area contributed by atoms with Crippen LogP contribution in [0.5, 0.6) is 0 Å². The number of rotatable bonds is 2. The van der Waals surface area contributed by atoms with Crippen molar-refractivity contribution in [1.82, 2.24) is 19.6 Å². The van der Waals surface area contributed by atoms with E-state index in [0.29, 0.717) is 12.1 Å². The van der Waals surface area contributed by atoms with Crippen molar-refractivity contribution >= 4 is 125 Å². The maximum Gasteiger partial charge on any atom is 0.189 e. The fourth-order valence-corrected chi connectivity index (χ4v) is 3.64. The van der Waals surface area contributed by atoms with Crippen molar-refractivity contribution in [1.29, 1.82) is 0 Å². The van der Waals surface area contributed by atoms with Crippen LogP contribution in [0, 0.1) is 7.14 Å².